The quantitative estimate of drug-likeness (QED) is 0.378. The van der Waals surface area contributed by atoms with Gasteiger partial charge in [0.1, 0.15) is 11.6 Å². The lowest BCUT2D eigenvalue weighted by Gasteiger charge is -2.24. The van der Waals surface area contributed by atoms with Gasteiger partial charge in [0.2, 0.25) is 0 Å². The van der Waals surface area contributed by atoms with E-state index in [0.29, 0.717) is 0 Å². The fourth-order valence-corrected chi connectivity index (χ4v) is 4.97. The molecule has 0 saturated carbocycles. The number of rotatable bonds is 3. The number of β-amino-alcohol motifs (C(OH)–C–C–N with tert-alkyl or cyclic N) is 1. The minimum atomic E-state index is -3.31. The fraction of sp³-hybridized carbons (Fsp3) is 0.167. The van der Waals surface area contributed by atoms with E-state index in [-0.39, 0.29) is 38.1 Å². The number of nitrogens with zero attached hydrogens (tertiary/aromatic N) is 1. The van der Waals surface area contributed by atoms with Crippen LogP contribution in [-0.4, -0.2) is 30.0 Å². The number of hydrogen-bond donors (Lipinski definition) is 3. The first-order valence-electron chi connectivity index (χ1n) is 10.5. The first-order chi connectivity index (χ1) is 17.0. The second kappa shape index (κ2) is 8.65. The molecule has 0 aromatic heterocycles. The number of anilines is 2. The van der Waals surface area contributed by atoms with Crippen molar-refractivity contribution in [2.24, 2.45) is 0 Å². The van der Waals surface area contributed by atoms with Gasteiger partial charge in [-0.2, -0.15) is 0 Å². The van der Waals surface area contributed by atoms with Gasteiger partial charge >= 0.3 is 6.03 Å². The van der Waals surface area contributed by atoms with E-state index in [1.807, 2.05) is 0 Å². The predicted molar refractivity (Wildman–Crippen MR) is 125 cm³/mol. The van der Waals surface area contributed by atoms with Gasteiger partial charge in [-0.25, -0.2) is 22.4 Å². The molecule has 0 bridgehead atoms. The Hall–Kier alpha value is -3.34. The monoisotopic (exact) mass is 539 g/mol. The number of hydrogen-bond acceptors (Lipinski definition) is 3. The van der Waals surface area contributed by atoms with Crippen LogP contribution >= 0.6 is 23.2 Å². The zero-order valence-electron chi connectivity index (χ0n) is 18.0. The highest BCUT2D eigenvalue weighted by molar-refractivity contribution is 6.32. The summed E-state index contributed by atoms with van der Waals surface area (Å²) in [7, 11) is 0. The van der Waals surface area contributed by atoms with E-state index in [1.165, 1.54) is 18.2 Å². The summed E-state index contributed by atoms with van der Waals surface area (Å²) in [4.78, 5) is 26.8. The molecule has 0 aliphatic carbocycles. The largest absolute Gasteiger partial charge is 0.377 e. The molecule has 6 nitrogen and oxygen atoms in total. The second-order valence-electron chi connectivity index (χ2n) is 8.39. The van der Waals surface area contributed by atoms with Crippen LogP contribution in [0.15, 0.2) is 48.5 Å². The normalized spacial score (nSPS) is 20.4. The molecule has 2 aliphatic heterocycles. The van der Waals surface area contributed by atoms with Gasteiger partial charge in [-0.05, 0) is 48.5 Å². The third-order valence-corrected chi connectivity index (χ3v) is 6.75. The molecule has 1 unspecified atom stereocenters. The van der Waals surface area contributed by atoms with Crippen LogP contribution in [0.25, 0.3) is 0 Å². The van der Waals surface area contributed by atoms with Crippen molar-refractivity contribution < 1.29 is 32.3 Å². The summed E-state index contributed by atoms with van der Waals surface area (Å²) in [5, 5.41) is 16.0. The molecule has 36 heavy (non-hydrogen) atoms. The van der Waals surface area contributed by atoms with E-state index in [2.05, 4.69) is 10.6 Å². The number of fused-ring (bicyclic) bond motifs is 2. The summed E-state index contributed by atoms with van der Waals surface area (Å²) in [6.07, 6.45) is -3.31. The second-order valence-corrected chi connectivity index (χ2v) is 9.23. The van der Waals surface area contributed by atoms with Gasteiger partial charge in [0.05, 0.1) is 24.0 Å². The minimum Gasteiger partial charge on any atom is -0.377 e. The highest BCUT2D eigenvalue weighted by atomic mass is 35.5. The molecule has 0 fully saturated rings. The molecule has 3 aromatic carbocycles. The lowest BCUT2D eigenvalue weighted by molar-refractivity contribution is -0.0892. The molecule has 3 N–H and O–H groups in total. The third kappa shape index (κ3) is 3.85. The first kappa shape index (κ1) is 24.4. The standard InChI is InChI=1S/C24H15Cl2F4N3O3/c25-10-5-14-19(20(32-21(14)34)13-7-11(27)1-3-16(13)26)17(6-10)31-23(35)33-9-24(36,22(29)30)15-8-12(28)2-4-18(15)33/h1-8,20,22,36H,9H2,(H,31,35)(H,32,34)/t20-,24?/m1/s1. The molecule has 2 atom stereocenters. The third-order valence-electron chi connectivity index (χ3n) is 6.19. The van der Waals surface area contributed by atoms with Crippen LogP contribution in [0, 0.1) is 11.6 Å². The maximum Gasteiger partial charge on any atom is 0.326 e. The Bertz CT molecular complexity index is 1440. The molecule has 2 heterocycles. The van der Waals surface area contributed by atoms with Crippen molar-refractivity contribution >= 4 is 46.5 Å². The van der Waals surface area contributed by atoms with E-state index >= 15 is 0 Å². The molecule has 0 saturated heterocycles. The molecular formula is C24H15Cl2F4N3O3. The van der Waals surface area contributed by atoms with Gasteiger partial charge in [-0.15, -0.1) is 0 Å². The summed E-state index contributed by atoms with van der Waals surface area (Å²) in [6.45, 7) is -0.853. The van der Waals surface area contributed by atoms with Crippen molar-refractivity contribution in [2.75, 3.05) is 16.8 Å². The van der Waals surface area contributed by atoms with Crippen molar-refractivity contribution in [3.05, 3.63) is 92.5 Å². The molecule has 12 heteroatoms. The topological polar surface area (TPSA) is 81.7 Å². The van der Waals surface area contributed by atoms with Crippen LogP contribution in [0.2, 0.25) is 10.0 Å². The van der Waals surface area contributed by atoms with Gasteiger partial charge in [-0.3, -0.25) is 9.69 Å². The molecule has 3 aromatic rings. The summed E-state index contributed by atoms with van der Waals surface area (Å²) in [6, 6.07) is 7.20. The average Bonchev–Trinajstić information content (AvgIpc) is 3.30. The van der Waals surface area contributed by atoms with Gasteiger partial charge in [0, 0.05) is 32.3 Å². The van der Waals surface area contributed by atoms with E-state index in [0.717, 1.165) is 35.2 Å². The number of benzene rings is 3. The van der Waals surface area contributed by atoms with E-state index < -0.39 is 53.7 Å². The van der Waals surface area contributed by atoms with Crippen molar-refractivity contribution in [1.82, 2.24) is 5.32 Å². The van der Waals surface area contributed by atoms with Crippen molar-refractivity contribution in [2.45, 2.75) is 18.1 Å². The van der Waals surface area contributed by atoms with E-state index in [9.17, 15) is 32.3 Å². The summed E-state index contributed by atoms with van der Waals surface area (Å²) >= 11 is 12.4. The smallest absolute Gasteiger partial charge is 0.326 e. The number of carbonyl (C=O) groups is 2. The number of halogens is 6. The Morgan fingerprint density at radius 3 is 2.53 bits per heavy atom. The molecule has 2 aliphatic rings. The summed E-state index contributed by atoms with van der Waals surface area (Å²) < 4.78 is 55.2. The predicted octanol–water partition coefficient (Wildman–Crippen LogP) is 5.61. The zero-order valence-corrected chi connectivity index (χ0v) is 19.5. The zero-order chi connectivity index (χ0) is 25.9. The Labute approximate surface area is 211 Å². The number of carbonyl (C=O) groups excluding carboxylic acids is 2. The lowest BCUT2D eigenvalue weighted by Crippen LogP contribution is -2.43. The van der Waals surface area contributed by atoms with Crippen molar-refractivity contribution in [3.63, 3.8) is 0 Å². The SMILES string of the molecule is O=C1N[C@H](c2cc(F)ccc2Cl)c2c(NC(=O)N3CC(O)(C(F)F)c4cc(F)ccc43)cc(Cl)cc21. The van der Waals surface area contributed by atoms with Gasteiger partial charge in [0.25, 0.3) is 12.3 Å². The highest BCUT2D eigenvalue weighted by Crippen LogP contribution is 2.45. The number of urea groups is 1. The molecule has 186 valence electrons. The molecule has 0 spiro atoms. The van der Waals surface area contributed by atoms with Gasteiger partial charge in [-0.1, -0.05) is 23.2 Å². The van der Waals surface area contributed by atoms with E-state index in [4.69, 9.17) is 23.2 Å². The Kier molecular flexibility index (Phi) is 5.85. The number of alkyl halides is 2. The number of nitrogens with one attached hydrogen (secondary N) is 2. The maximum atomic E-state index is 14.0. The summed E-state index contributed by atoms with van der Waals surface area (Å²) in [5.41, 5.74) is -2.78. The van der Waals surface area contributed by atoms with Crippen molar-refractivity contribution in [1.29, 1.82) is 0 Å². The number of aliphatic hydroxyl groups is 1. The van der Waals surface area contributed by atoms with Crippen LogP contribution in [0.5, 0.6) is 0 Å². The molecular weight excluding hydrogens is 525 g/mol. The first-order valence-corrected chi connectivity index (χ1v) is 11.2. The van der Waals surface area contributed by atoms with Crippen LogP contribution in [-0.2, 0) is 5.60 Å². The van der Waals surface area contributed by atoms with Crippen LogP contribution in [0.4, 0.5) is 33.7 Å². The summed E-state index contributed by atoms with van der Waals surface area (Å²) in [5.74, 6) is -2.02. The molecule has 0 radical (unpaired) electrons. The van der Waals surface area contributed by atoms with Gasteiger partial charge < -0.3 is 15.7 Å². The van der Waals surface area contributed by atoms with Crippen molar-refractivity contribution in [3.8, 4) is 0 Å². The van der Waals surface area contributed by atoms with E-state index in [1.54, 1.807) is 0 Å². The Balaban J connectivity index is 1.56. The fourth-order valence-electron chi connectivity index (χ4n) is 4.52. The Morgan fingerprint density at radius 2 is 1.81 bits per heavy atom. The average molecular weight is 540 g/mol. The van der Waals surface area contributed by atoms with Crippen LogP contribution in [0.1, 0.15) is 33.1 Å². The Morgan fingerprint density at radius 1 is 1.11 bits per heavy atom. The van der Waals surface area contributed by atoms with Gasteiger partial charge in [0.15, 0.2) is 5.60 Å². The maximum absolute atomic E-state index is 14.0. The van der Waals surface area contributed by atoms with Crippen LogP contribution < -0.4 is 15.5 Å². The minimum absolute atomic E-state index is 0.0299. The number of amides is 3. The lowest BCUT2D eigenvalue weighted by atomic mass is 9.96. The highest BCUT2D eigenvalue weighted by Gasteiger charge is 2.50. The molecule has 5 rings (SSSR count). The van der Waals surface area contributed by atoms with Crippen LogP contribution in [0.3, 0.4) is 0 Å². The molecule has 3 amide bonds.